The largest absolute Gasteiger partial charge is 0.355 e. The minimum atomic E-state index is -0.124. The Kier molecular flexibility index (Phi) is 5.52. The molecule has 3 nitrogen and oxygen atoms in total. The number of rotatable bonds is 6. The van der Waals surface area contributed by atoms with Crippen LogP contribution in [0.5, 0.6) is 0 Å². The van der Waals surface area contributed by atoms with Gasteiger partial charge in [0.15, 0.2) is 0 Å². The average Bonchev–Trinajstić information content (AvgIpc) is 2.55. The molecule has 0 radical (unpaired) electrons. The second-order valence-corrected chi connectivity index (χ2v) is 5.24. The summed E-state index contributed by atoms with van der Waals surface area (Å²) in [7, 11) is 0. The van der Waals surface area contributed by atoms with E-state index in [9.17, 15) is 4.79 Å². The second-order valence-electron chi connectivity index (χ2n) is 5.24. The van der Waals surface area contributed by atoms with Crippen LogP contribution in [0, 0.1) is 5.92 Å². The molecule has 0 saturated carbocycles. The summed E-state index contributed by atoms with van der Waals surface area (Å²) in [5.74, 6) is -0.0997. The lowest BCUT2D eigenvalue weighted by Crippen LogP contribution is -2.34. The molecule has 3 heteroatoms. The Morgan fingerprint density at radius 2 is 1.81 bits per heavy atom. The van der Waals surface area contributed by atoms with Crippen molar-refractivity contribution in [3.05, 3.63) is 60.2 Å². The molecule has 1 unspecified atom stereocenters. The van der Waals surface area contributed by atoms with Gasteiger partial charge in [-0.3, -0.25) is 4.79 Å². The van der Waals surface area contributed by atoms with E-state index in [1.54, 1.807) is 0 Å². The van der Waals surface area contributed by atoms with Crippen molar-refractivity contribution in [2.45, 2.75) is 13.3 Å². The molecule has 110 valence electrons. The van der Waals surface area contributed by atoms with Crippen LogP contribution in [0.15, 0.2) is 54.6 Å². The predicted molar refractivity (Wildman–Crippen MR) is 86.8 cm³/mol. The molecule has 0 aliphatic carbocycles. The summed E-state index contributed by atoms with van der Waals surface area (Å²) in [6, 6.07) is 18.7. The lowest BCUT2D eigenvalue weighted by Gasteiger charge is -2.10. The molecule has 2 aromatic rings. The van der Waals surface area contributed by atoms with Crippen LogP contribution in [0.25, 0.3) is 11.1 Å². The highest BCUT2D eigenvalue weighted by Gasteiger charge is 2.09. The van der Waals surface area contributed by atoms with Crippen LogP contribution in [-0.4, -0.2) is 19.0 Å². The quantitative estimate of drug-likeness (QED) is 0.855. The van der Waals surface area contributed by atoms with Gasteiger partial charge in [0.05, 0.1) is 0 Å². The molecular formula is C18H22N2O. The van der Waals surface area contributed by atoms with Gasteiger partial charge < -0.3 is 11.1 Å². The Bertz CT molecular complexity index is 581. The molecule has 0 aliphatic rings. The van der Waals surface area contributed by atoms with Crippen molar-refractivity contribution < 1.29 is 4.79 Å². The summed E-state index contributed by atoms with van der Waals surface area (Å²) in [5.41, 5.74) is 9.11. The zero-order valence-electron chi connectivity index (χ0n) is 12.4. The van der Waals surface area contributed by atoms with Crippen LogP contribution in [0.2, 0.25) is 0 Å². The molecule has 1 amide bonds. The molecule has 0 saturated heterocycles. The highest BCUT2D eigenvalue weighted by atomic mass is 16.1. The van der Waals surface area contributed by atoms with E-state index in [0.717, 1.165) is 6.42 Å². The fraction of sp³-hybridized carbons (Fsp3) is 0.278. The number of carbonyl (C=O) groups excluding carboxylic acids is 1. The topological polar surface area (TPSA) is 55.1 Å². The van der Waals surface area contributed by atoms with Crippen LogP contribution in [0.4, 0.5) is 0 Å². The van der Waals surface area contributed by atoms with Gasteiger partial charge in [0, 0.05) is 19.0 Å². The molecule has 0 bridgehead atoms. The van der Waals surface area contributed by atoms with Crippen molar-refractivity contribution in [2.24, 2.45) is 11.7 Å². The average molecular weight is 282 g/mol. The Morgan fingerprint density at radius 1 is 1.10 bits per heavy atom. The Morgan fingerprint density at radius 3 is 2.52 bits per heavy atom. The first-order valence-corrected chi connectivity index (χ1v) is 7.33. The molecule has 2 rings (SSSR count). The Hall–Kier alpha value is -2.13. The maximum atomic E-state index is 11.7. The smallest absolute Gasteiger partial charge is 0.224 e. The maximum Gasteiger partial charge on any atom is 0.224 e. The fourth-order valence-electron chi connectivity index (χ4n) is 2.15. The molecule has 1 atom stereocenters. The van der Waals surface area contributed by atoms with Gasteiger partial charge in [0.25, 0.3) is 0 Å². The van der Waals surface area contributed by atoms with Crippen molar-refractivity contribution in [1.82, 2.24) is 5.32 Å². The fourth-order valence-corrected chi connectivity index (χ4v) is 2.15. The van der Waals surface area contributed by atoms with Gasteiger partial charge in [-0.1, -0.05) is 61.5 Å². The summed E-state index contributed by atoms with van der Waals surface area (Å²) in [6.45, 7) is 2.86. The molecular weight excluding hydrogens is 260 g/mol. The number of nitrogens with one attached hydrogen (secondary N) is 1. The first kappa shape index (κ1) is 15.3. The standard InChI is InChI=1S/C18H22N2O/c1-14(13-19)18(21)20-11-10-15-6-5-9-17(12-15)16-7-3-2-4-8-16/h2-9,12,14H,10-11,13,19H2,1H3,(H,20,21). The predicted octanol–water partition coefficient (Wildman–Crippen LogP) is 2.61. The van der Waals surface area contributed by atoms with E-state index in [4.69, 9.17) is 5.73 Å². The van der Waals surface area contributed by atoms with Crippen LogP contribution in [0.1, 0.15) is 12.5 Å². The molecule has 2 aromatic carbocycles. The lowest BCUT2D eigenvalue weighted by atomic mass is 10.0. The summed E-state index contributed by atoms with van der Waals surface area (Å²) in [6.07, 6.45) is 0.823. The molecule has 0 spiro atoms. The third kappa shape index (κ3) is 4.43. The van der Waals surface area contributed by atoms with Gasteiger partial charge in [-0.25, -0.2) is 0 Å². The van der Waals surface area contributed by atoms with Gasteiger partial charge in [-0.2, -0.15) is 0 Å². The first-order chi connectivity index (χ1) is 10.2. The van der Waals surface area contributed by atoms with Gasteiger partial charge in [-0.15, -0.1) is 0 Å². The SMILES string of the molecule is CC(CN)C(=O)NCCc1cccc(-c2ccccc2)c1. The number of hydrogen-bond acceptors (Lipinski definition) is 2. The molecule has 0 aliphatic heterocycles. The molecule has 3 N–H and O–H groups in total. The zero-order valence-corrected chi connectivity index (χ0v) is 12.4. The van der Waals surface area contributed by atoms with Crippen molar-refractivity contribution in [3.63, 3.8) is 0 Å². The number of nitrogens with two attached hydrogens (primary N) is 1. The van der Waals surface area contributed by atoms with E-state index in [0.29, 0.717) is 13.1 Å². The Balaban J connectivity index is 1.95. The van der Waals surface area contributed by atoms with Crippen molar-refractivity contribution >= 4 is 5.91 Å². The normalized spacial score (nSPS) is 11.9. The van der Waals surface area contributed by atoms with Crippen LogP contribution < -0.4 is 11.1 Å². The third-order valence-electron chi connectivity index (χ3n) is 3.55. The minimum absolute atomic E-state index is 0.0247. The zero-order chi connectivity index (χ0) is 15.1. The number of benzene rings is 2. The van der Waals surface area contributed by atoms with Crippen molar-refractivity contribution in [2.75, 3.05) is 13.1 Å². The van der Waals surface area contributed by atoms with E-state index in [2.05, 4.69) is 41.7 Å². The number of carbonyl (C=O) groups is 1. The minimum Gasteiger partial charge on any atom is -0.355 e. The van der Waals surface area contributed by atoms with E-state index in [-0.39, 0.29) is 11.8 Å². The van der Waals surface area contributed by atoms with Crippen molar-refractivity contribution in [1.29, 1.82) is 0 Å². The van der Waals surface area contributed by atoms with E-state index in [1.807, 2.05) is 25.1 Å². The number of amides is 1. The monoisotopic (exact) mass is 282 g/mol. The molecule has 0 heterocycles. The molecule has 0 fully saturated rings. The highest BCUT2D eigenvalue weighted by molar-refractivity contribution is 5.78. The summed E-state index contributed by atoms with van der Waals surface area (Å²) >= 11 is 0. The van der Waals surface area contributed by atoms with Crippen LogP contribution >= 0.6 is 0 Å². The van der Waals surface area contributed by atoms with Crippen LogP contribution in [0.3, 0.4) is 0 Å². The highest BCUT2D eigenvalue weighted by Crippen LogP contribution is 2.20. The Labute approximate surface area is 126 Å². The van der Waals surface area contributed by atoms with Crippen molar-refractivity contribution in [3.8, 4) is 11.1 Å². The van der Waals surface area contributed by atoms with E-state index < -0.39 is 0 Å². The first-order valence-electron chi connectivity index (χ1n) is 7.33. The molecule has 21 heavy (non-hydrogen) atoms. The summed E-state index contributed by atoms with van der Waals surface area (Å²) in [5, 5.41) is 2.92. The maximum absolute atomic E-state index is 11.7. The van der Waals surface area contributed by atoms with Crippen LogP contribution in [-0.2, 0) is 11.2 Å². The second kappa shape index (κ2) is 7.60. The van der Waals surface area contributed by atoms with Gasteiger partial charge >= 0.3 is 0 Å². The number of hydrogen-bond donors (Lipinski definition) is 2. The van der Waals surface area contributed by atoms with E-state index >= 15 is 0 Å². The third-order valence-corrected chi connectivity index (χ3v) is 3.55. The lowest BCUT2D eigenvalue weighted by molar-refractivity contribution is -0.124. The van der Waals surface area contributed by atoms with Gasteiger partial charge in [-0.05, 0) is 23.1 Å². The van der Waals surface area contributed by atoms with Gasteiger partial charge in [0.2, 0.25) is 5.91 Å². The summed E-state index contributed by atoms with van der Waals surface area (Å²) < 4.78 is 0. The van der Waals surface area contributed by atoms with Gasteiger partial charge in [0.1, 0.15) is 0 Å². The molecule has 0 aromatic heterocycles. The van der Waals surface area contributed by atoms with E-state index in [1.165, 1.54) is 16.7 Å². The summed E-state index contributed by atoms with van der Waals surface area (Å²) in [4.78, 5) is 11.7.